The molecule has 0 unspecified atom stereocenters. The van der Waals surface area contributed by atoms with Crippen LogP contribution in [0.15, 0.2) is 182 Å². The maximum atomic E-state index is 4.74. The van der Waals surface area contributed by atoms with Gasteiger partial charge in [0.25, 0.3) is 0 Å². The number of pyridine rings is 2. The fourth-order valence-corrected chi connectivity index (χ4v) is 7.74. The van der Waals surface area contributed by atoms with E-state index in [1.807, 2.05) is 24.5 Å². The highest BCUT2D eigenvalue weighted by atomic mass is 14.7. The number of aromatic nitrogens is 2. The normalized spacial score (nSPS) is 11.6. The quantitative estimate of drug-likeness (QED) is 0.180. The molecule has 232 valence electrons. The van der Waals surface area contributed by atoms with Crippen LogP contribution in [-0.4, -0.2) is 9.97 Å². The second-order valence-electron chi connectivity index (χ2n) is 13.0. The van der Waals surface area contributed by atoms with E-state index in [0.29, 0.717) is 0 Å². The molecule has 2 heteroatoms. The van der Waals surface area contributed by atoms with E-state index in [4.69, 9.17) is 9.97 Å². The van der Waals surface area contributed by atoms with E-state index in [-0.39, 0.29) is 0 Å². The van der Waals surface area contributed by atoms with Crippen molar-refractivity contribution in [1.82, 2.24) is 9.97 Å². The molecule has 0 radical (unpaired) electrons. The molecular formula is C48H30N2. The van der Waals surface area contributed by atoms with E-state index in [9.17, 15) is 0 Å². The Balaban J connectivity index is 1.13. The van der Waals surface area contributed by atoms with Crippen LogP contribution < -0.4 is 0 Å². The Morgan fingerprint density at radius 3 is 1.50 bits per heavy atom. The highest BCUT2D eigenvalue weighted by Gasteiger charge is 2.14. The summed E-state index contributed by atoms with van der Waals surface area (Å²) in [4.78, 5) is 9.46. The van der Waals surface area contributed by atoms with Gasteiger partial charge in [-0.3, -0.25) is 9.97 Å². The summed E-state index contributed by atoms with van der Waals surface area (Å²) in [6.45, 7) is 0. The minimum atomic E-state index is 1.03. The van der Waals surface area contributed by atoms with Gasteiger partial charge in [-0.15, -0.1) is 0 Å². The van der Waals surface area contributed by atoms with Crippen molar-refractivity contribution in [3.05, 3.63) is 182 Å². The van der Waals surface area contributed by atoms with Gasteiger partial charge < -0.3 is 0 Å². The van der Waals surface area contributed by atoms with Gasteiger partial charge in [-0.25, -0.2) is 0 Å². The van der Waals surface area contributed by atoms with Crippen molar-refractivity contribution >= 4 is 54.1 Å². The lowest BCUT2D eigenvalue weighted by molar-refractivity contribution is 1.41. The lowest BCUT2D eigenvalue weighted by Crippen LogP contribution is -1.89. The summed E-state index contributed by atoms with van der Waals surface area (Å²) in [5, 5.41) is 9.82. The van der Waals surface area contributed by atoms with Crippen molar-refractivity contribution in [3.8, 4) is 44.5 Å². The van der Waals surface area contributed by atoms with Crippen molar-refractivity contribution in [2.24, 2.45) is 0 Å². The molecule has 0 aliphatic heterocycles. The average molecular weight is 635 g/mol. The van der Waals surface area contributed by atoms with E-state index in [1.54, 1.807) is 0 Å². The third-order valence-corrected chi connectivity index (χ3v) is 10.1. The second-order valence-corrected chi connectivity index (χ2v) is 13.0. The maximum Gasteiger partial charge on any atom is 0.0780 e. The monoisotopic (exact) mass is 634 g/mol. The smallest absolute Gasteiger partial charge is 0.0780 e. The Labute approximate surface area is 290 Å². The summed E-state index contributed by atoms with van der Waals surface area (Å²) in [6, 6.07) is 61.5. The van der Waals surface area contributed by atoms with Crippen LogP contribution >= 0.6 is 0 Å². The van der Waals surface area contributed by atoms with Gasteiger partial charge in [-0.1, -0.05) is 133 Å². The number of para-hydroxylation sites is 2. The predicted octanol–water partition coefficient (Wildman–Crippen LogP) is 12.9. The molecule has 10 rings (SSSR count). The summed E-state index contributed by atoms with van der Waals surface area (Å²) in [6.07, 6.45) is 3.75. The average Bonchev–Trinajstić information content (AvgIpc) is 3.19. The van der Waals surface area contributed by atoms with E-state index in [1.165, 1.54) is 65.7 Å². The van der Waals surface area contributed by atoms with E-state index >= 15 is 0 Å². The Kier molecular flexibility index (Phi) is 6.53. The SMILES string of the molecule is c1cc(-c2ccc3ccc4cc(-c5cccc(-c6cccc7cccnc67)c5)c5ccccc5c4c3c2)cc(-c2cccc3cccnc23)c1. The third kappa shape index (κ3) is 4.65. The number of rotatable bonds is 4. The molecule has 0 amide bonds. The largest absolute Gasteiger partial charge is 0.256 e. The molecule has 0 spiro atoms. The van der Waals surface area contributed by atoms with Crippen LogP contribution in [0.4, 0.5) is 0 Å². The van der Waals surface area contributed by atoms with Crippen molar-refractivity contribution in [1.29, 1.82) is 0 Å². The molecule has 2 nitrogen and oxygen atoms in total. The van der Waals surface area contributed by atoms with Gasteiger partial charge >= 0.3 is 0 Å². The maximum absolute atomic E-state index is 4.74. The minimum Gasteiger partial charge on any atom is -0.256 e. The summed E-state index contributed by atoms with van der Waals surface area (Å²) in [5.41, 5.74) is 11.5. The molecule has 0 saturated heterocycles. The molecule has 0 saturated carbocycles. The number of hydrogen-bond donors (Lipinski definition) is 0. The van der Waals surface area contributed by atoms with Gasteiger partial charge in [-0.05, 0) is 102 Å². The van der Waals surface area contributed by atoms with E-state index in [2.05, 4.69) is 158 Å². The molecule has 0 atom stereocenters. The molecule has 2 aromatic heterocycles. The lowest BCUT2D eigenvalue weighted by atomic mass is 9.88. The van der Waals surface area contributed by atoms with Crippen LogP contribution in [0.2, 0.25) is 0 Å². The van der Waals surface area contributed by atoms with Gasteiger partial charge in [0, 0.05) is 34.3 Å². The number of nitrogens with zero attached hydrogens (tertiary/aromatic N) is 2. The Hall–Kier alpha value is -6.64. The molecule has 10 aromatic rings. The van der Waals surface area contributed by atoms with Crippen molar-refractivity contribution in [2.45, 2.75) is 0 Å². The van der Waals surface area contributed by atoms with Crippen LogP contribution in [0.25, 0.3) is 98.6 Å². The van der Waals surface area contributed by atoms with E-state index in [0.717, 1.165) is 32.9 Å². The van der Waals surface area contributed by atoms with Crippen LogP contribution in [0.3, 0.4) is 0 Å². The summed E-state index contributed by atoms with van der Waals surface area (Å²) in [7, 11) is 0. The van der Waals surface area contributed by atoms with Crippen molar-refractivity contribution in [2.75, 3.05) is 0 Å². The second kappa shape index (κ2) is 11.5. The highest BCUT2D eigenvalue weighted by molar-refractivity contribution is 6.23. The Morgan fingerprint density at radius 1 is 0.280 bits per heavy atom. The zero-order chi connectivity index (χ0) is 33.0. The zero-order valence-electron chi connectivity index (χ0n) is 27.2. The fourth-order valence-electron chi connectivity index (χ4n) is 7.74. The number of fused-ring (bicyclic) bond motifs is 7. The van der Waals surface area contributed by atoms with Gasteiger partial charge in [-0.2, -0.15) is 0 Å². The standard InChI is InChI=1S/C48H30N2/c1-2-18-43-42(17-1)44(38-14-4-13-37(28-38)41-20-6-10-33-16-8-26-50-48(33)41)30-39-24-22-31-21-23-35(29-45(31)46(39)43)34-11-3-12-36(27-34)40-19-5-9-32-15-7-25-49-47(32)40/h1-30H. The molecule has 0 fully saturated rings. The molecule has 0 aliphatic carbocycles. The molecule has 0 N–H and O–H groups in total. The number of benzene rings is 8. The summed E-state index contributed by atoms with van der Waals surface area (Å²) in [5.74, 6) is 0. The highest BCUT2D eigenvalue weighted by Crippen LogP contribution is 2.41. The van der Waals surface area contributed by atoms with Crippen LogP contribution in [0, 0.1) is 0 Å². The fraction of sp³-hybridized carbons (Fsp3) is 0. The number of hydrogen-bond acceptors (Lipinski definition) is 2. The van der Waals surface area contributed by atoms with Gasteiger partial charge in [0.15, 0.2) is 0 Å². The molecule has 0 bridgehead atoms. The van der Waals surface area contributed by atoms with Crippen LogP contribution in [-0.2, 0) is 0 Å². The molecule has 50 heavy (non-hydrogen) atoms. The Morgan fingerprint density at radius 2 is 0.800 bits per heavy atom. The molecule has 8 aromatic carbocycles. The minimum absolute atomic E-state index is 1.03. The lowest BCUT2D eigenvalue weighted by Gasteiger charge is -2.15. The Bertz CT molecular complexity index is 2920. The first-order valence-electron chi connectivity index (χ1n) is 17.1. The van der Waals surface area contributed by atoms with Crippen LogP contribution in [0.5, 0.6) is 0 Å². The van der Waals surface area contributed by atoms with Gasteiger partial charge in [0.05, 0.1) is 11.0 Å². The van der Waals surface area contributed by atoms with Crippen LogP contribution in [0.1, 0.15) is 0 Å². The topological polar surface area (TPSA) is 25.8 Å². The molecule has 0 aliphatic rings. The van der Waals surface area contributed by atoms with E-state index < -0.39 is 0 Å². The van der Waals surface area contributed by atoms with Gasteiger partial charge in [0.1, 0.15) is 0 Å². The van der Waals surface area contributed by atoms with Crippen molar-refractivity contribution < 1.29 is 0 Å². The first-order chi connectivity index (χ1) is 24.8. The first kappa shape index (κ1) is 28.4. The first-order valence-corrected chi connectivity index (χ1v) is 17.1. The summed E-state index contributed by atoms with van der Waals surface area (Å²) >= 11 is 0. The third-order valence-electron chi connectivity index (χ3n) is 10.1. The van der Waals surface area contributed by atoms with Gasteiger partial charge in [0.2, 0.25) is 0 Å². The zero-order valence-corrected chi connectivity index (χ0v) is 27.2. The molecule has 2 heterocycles. The molecular weight excluding hydrogens is 605 g/mol. The summed E-state index contributed by atoms with van der Waals surface area (Å²) < 4.78 is 0. The van der Waals surface area contributed by atoms with Crippen molar-refractivity contribution in [3.63, 3.8) is 0 Å². The predicted molar refractivity (Wildman–Crippen MR) is 211 cm³/mol.